The number of piperidine rings is 1. The molecule has 3 heterocycles. The van der Waals surface area contributed by atoms with Crippen LogP contribution in [0.5, 0.6) is 0 Å². The van der Waals surface area contributed by atoms with E-state index in [2.05, 4.69) is 14.9 Å². The summed E-state index contributed by atoms with van der Waals surface area (Å²) in [4.78, 5) is 9.31. The third kappa shape index (κ3) is 2.84. The van der Waals surface area contributed by atoms with Crippen LogP contribution in [-0.4, -0.2) is 27.6 Å². The molecule has 0 unspecified atom stereocenters. The Balaban J connectivity index is 1.78. The van der Waals surface area contributed by atoms with Crippen LogP contribution < -0.4 is 5.32 Å². The van der Waals surface area contributed by atoms with Crippen LogP contribution in [0.25, 0.3) is 11.2 Å². The number of aromatic nitrogens is 3. The van der Waals surface area contributed by atoms with Gasteiger partial charge in [-0.2, -0.15) is 0 Å². The molecule has 1 fully saturated rings. The quantitative estimate of drug-likeness (QED) is 0.808. The van der Waals surface area contributed by atoms with Crippen molar-refractivity contribution in [3.8, 4) is 0 Å². The number of benzene rings is 1. The fourth-order valence-corrected chi connectivity index (χ4v) is 3.38. The molecule has 0 atom stereocenters. The minimum Gasteiger partial charge on any atom is -0.317 e. The van der Waals surface area contributed by atoms with E-state index in [-0.39, 0.29) is 5.82 Å². The van der Waals surface area contributed by atoms with E-state index in [1.165, 1.54) is 6.07 Å². The van der Waals surface area contributed by atoms with Crippen LogP contribution in [0.2, 0.25) is 0 Å². The van der Waals surface area contributed by atoms with Gasteiger partial charge >= 0.3 is 0 Å². The Hall–Kier alpha value is -2.27. The number of fused-ring (bicyclic) bond motifs is 1. The molecule has 23 heavy (non-hydrogen) atoms. The van der Waals surface area contributed by atoms with Crippen LogP contribution in [0, 0.1) is 5.82 Å². The van der Waals surface area contributed by atoms with E-state index in [1.807, 2.05) is 24.4 Å². The first kappa shape index (κ1) is 14.3. The fraction of sp³-hybridized carbons (Fsp3) is 0.333. The minimum atomic E-state index is -0.204. The Morgan fingerprint density at radius 1 is 1.17 bits per heavy atom. The van der Waals surface area contributed by atoms with Gasteiger partial charge in [-0.25, -0.2) is 14.4 Å². The van der Waals surface area contributed by atoms with Gasteiger partial charge in [-0.1, -0.05) is 12.1 Å². The highest BCUT2D eigenvalue weighted by Gasteiger charge is 2.22. The molecular formula is C18H19FN4. The average Bonchev–Trinajstić information content (AvgIpc) is 2.93. The topological polar surface area (TPSA) is 42.7 Å². The molecule has 0 saturated carbocycles. The van der Waals surface area contributed by atoms with Crippen LogP contribution in [0.4, 0.5) is 4.39 Å². The lowest BCUT2D eigenvalue weighted by atomic mass is 10.1. The number of hydrogen-bond acceptors (Lipinski definition) is 3. The van der Waals surface area contributed by atoms with E-state index in [1.54, 1.807) is 12.1 Å². The summed E-state index contributed by atoms with van der Waals surface area (Å²) in [6, 6.07) is 11.1. The molecule has 2 aromatic heterocycles. The highest BCUT2D eigenvalue weighted by molar-refractivity contribution is 5.71. The van der Waals surface area contributed by atoms with Crippen LogP contribution in [0.15, 0.2) is 42.6 Å². The summed E-state index contributed by atoms with van der Waals surface area (Å²) >= 11 is 0. The Morgan fingerprint density at radius 3 is 2.87 bits per heavy atom. The first-order valence-electron chi connectivity index (χ1n) is 8.08. The molecule has 1 aliphatic heterocycles. The molecule has 1 saturated heterocycles. The smallest absolute Gasteiger partial charge is 0.160 e. The molecule has 118 valence electrons. The van der Waals surface area contributed by atoms with Crippen molar-refractivity contribution in [3.05, 3.63) is 59.8 Å². The van der Waals surface area contributed by atoms with Crippen LogP contribution >= 0.6 is 0 Å². The van der Waals surface area contributed by atoms with Crippen molar-refractivity contribution in [1.82, 2.24) is 19.9 Å². The standard InChI is InChI=1S/C18H19FN4/c19-14-4-1-3-13(11-14)12-17-22-16-5-2-8-21-18(16)23(17)15-6-9-20-10-7-15/h1-5,8,11,15,20H,6-7,9-10,12H2. The van der Waals surface area contributed by atoms with Gasteiger partial charge in [0.05, 0.1) is 0 Å². The third-order valence-electron chi connectivity index (χ3n) is 4.45. The summed E-state index contributed by atoms with van der Waals surface area (Å²) in [5.74, 6) is 0.765. The van der Waals surface area contributed by atoms with Crippen LogP contribution in [0.1, 0.15) is 30.3 Å². The second kappa shape index (κ2) is 6.08. The summed E-state index contributed by atoms with van der Waals surface area (Å²) in [5, 5.41) is 3.40. The van der Waals surface area contributed by atoms with Crippen molar-refractivity contribution in [2.75, 3.05) is 13.1 Å². The maximum atomic E-state index is 13.5. The summed E-state index contributed by atoms with van der Waals surface area (Å²) in [6.45, 7) is 2.02. The number of hydrogen-bond donors (Lipinski definition) is 1. The average molecular weight is 310 g/mol. The molecule has 0 amide bonds. The zero-order chi connectivity index (χ0) is 15.6. The van der Waals surface area contributed by atoms with Gasteiger partial charge in [0.2, 0.25) is 0 Å². The van der Waals surface area contributed by atoms with Crippen molar-refractivity contribution in [3.63, 3.8) is 0 Å². The Morgan fingerprint density at radius 2 is 2.04 bits per heavy atom. The molecule has 4 rings (SSSR count). The summed E-state index contributed by atoms with van der Waals surface area (Å²) in [6.07, 6.45) is 4.57. The minimum absolute atomic E-state index is 0.204. The van der Waals surface area contributed by atoms with E-state index in [0.717, 1.165) is 48.5 Å². The molecule has 4 nitrogen and oxygen atoms in total. The van der Waals surface area contributed by atoms with E-state index >= 15 is 0 Å². The van der Waals surface area contributed by atoms with Gasteiger partial charge in [-0.15, -0.1) is 0 Å². The lowest BCUT2D eigenvalue weighted by Gasteiger charge is -2.26. The zero-order valence-corrected chi connectivity index (χ0v) is 12.9. The molecule has 0 bridgehead atoms. The Bertz CT molecular complexity index is 821. The second-order valence-electron chi connectivity index (χ2n) is 6.03. The maximum absolute atomic E-state index is 13.5. The highest BCUT2D eigenvalue weighted by Crippen LogP contribution is 2.27. The second-order valence-corrected chi connectivity index (χ2v) is 6.03. The largest absolute Gasteiger partial charge is 0.317 e. The predicted molar refractivity (Wildman–Crippen MR) is 87.9 cm³/mol. The number of pyridine rings is 1. The zero-order valence-electron chi connectivity index (χ0n) is 12.9. The van der Waals surface area contributed by atoms with Gasteiger partial charge in [0.25, 0.3) is 0 Å². The van der Waals surface area contributed by atoms with Crippen molar-refractivity contribution in [2.24, 2.45) is 0 Å². The van der Waals surface area contributed by atoms with Crippen molar-refractivity contribution in [2.45, 2.75) is 25.3 Å². The van der Waals surface area contributed by atoms with Gasteiger partial charge in [0.1, 0.15) is 17.2 Å². The molecular weight excluding hydrogens is 291 g/mol. The van der Waals surface area contributed by atoms with Gasteiger partial charge in [0.15, 0.2) is 5.65 Å². The first-order valence-corrected chi connectivity index (χ1v) is 8.08. The monoisotopic (exact) mass is 310 g/mol. The highest BCUT2D eigenvalue weighted by atomic mass is 19.1. The fourth-order valence-electron chi connectivity index (χ4n) is 3.38. The molecule has 3 aromatic rings. The van der Waals surface area contributed by atoms with Gasteiger partial charge < -0.3 is 9.88 Å². The summed E-state index contributed by atoms with van der Waals surface area (Å²) in [7, 11) is 0. The number of imidazole rings is 1. The number of nitrogens with one attached hydrogen (secondary N) is 1. The molecule has 1 aliphatic rings. The number of rotatable bonds is 3. The summed E-state index contributed by atoms with van der Waals surface area (Å²) in [5.41, 5.74) is 2.79. The van der Waals surface area contributed by atoms with E-state index in [9.17, 15) is 4.39 Å². The summed E-state index contributed by atoms with van der Waals surface area (Å²) < 4.78 is 15.7. The van der Waals surface area contributed by atoms with E-state index in [0.29, 0.717) is 12.5 Å². The molecule has 1 N–H and O–H groups in total. The van der Waals surface area contributed by atoms with Crippen molar-refractivity contribution >= 4 is 11.2 Å². The number of nitrogens with zero attached hydrogens (tertiary/aromatic N) is 3. The first-order chi connectivity index (χ1) is 11.3. The van der Waals surface area contributed by atoms with E-state index in [4.69, 9.17) is 4.98 Å². The third-order valence-corrected chi connectivity index (χ3v) is 4.45. The maximum Gasteiger partial charge on any atom is 0.160 e. The van der Waals surface area contributed by atoms with Gasteiger partial charge in [-0.3, -0.25) is 0 Å². The molecule has 5 heteroatoms. The van der Waals surface area contributed by atoms with Crippen molar-refractivity contribution < 1.29 is 4.39 Å². The molecule has 0 aliphatic carbocycles. The lowest BCUT2D eigenvalue weighted by Crippen LogP contribution is -2.30. The lowest BCUT2D eigenvalue weighted by molar-refractivity contribution is 0.367. The Kier molecular flexibility index (Phi) is 3.79. The number of halogens is 1. The van der Waals surface area contributed by atoms with Gasteiger partial charge in [-0.05, 0) is 55.8 Å². The van der Waals surface area contributed by atoms with Crippen LogP contribution in [-0.2, 0) is 6.42 Å². The Labute approximate surface area is 134 Å². The SMILES string of the molecule is Fc1cccc(Cc2nc3cccnc3n2C2CCNCC2)c1. The predicted octanol–water partition coefficient (Wildman–Crippen LogP) is 3.09. The molecule has 0 radical (unpaired) electrons. The van der Waals surface area contributed by atoms with Crippen LogP contribution in [0.3, 0.4) is 0 Å². The van der Waals surface area contributed by atoms with Gasteiger partial charge in [0, 0.05) is 18.7 Å². The van der Waals surface area contributed by atoms with E-state index < -0.39 is 0 Å². The normalized spacial score (nSPS) is 16.0. The molecule has 1 aromatic carbocycles. The molecule has 0 spiro atoms. The van der Waals surface area contributed by atoms with Crippen molar-refractivity contribution in [1.29, 1.82) is 0 Å².